The summed E-state index contributed by atoms with van der Waals surface area (Å²) in [7, 11) is 1.42. The van der Waals surface area contributed by atoms with Crippen LogP contribution in [0.5, 0.6) is 0 Å². The molecule has 1 heterocycles. The monoisotopic (exact) mass is 344 g/mol. The fraction of sp³-hybridized carbons (Fsp3) is 0.526. The van der Waals surface area contributed by atoms with Crippen LogP contribution in [0.3, 0.4) is 0 Å². The zero-order valence-electron chi connectivity index (χ0n) is 14.7. The maximum atomic E-state index is 12.9. The Kier molecular flexibility index (Phi) is 5.06. The van der Waals surface area contributed by atoms with Gasteiger partial charge in [0.2, 0.25) is 5.91 Å². The van der Waals surface area contributed by atoms with E-state index in [1.54, 1.807) is 29.2 Å². The lowest BCUT2D eigenvalue weighted by molar-refractivity contribution is -0.147. The molecule has 0 aromatic heterocycles. The Morgan fingerprint density at radius 1 is 1.20 bits per heavy atom. The molecule has 134 valence electrons. The molecule has 2 amide bonds. The van der Waals surface area contributed by atoms with E-state index in [4.69, 9.17) is 4.74 Å². The van der Waals surface area contributed by atoms with Gasteiger partial charge in [-0.1, -0.05) is 12.1 Å². The topological polar surface area (TPSA) is 75.7 Å². The maximum absolute atomic E-state index is 12.9. The Hall–Kier alpha value is -2.37. The van der Waals surface area contributed by atoms with E-state index in [0.717, 1.165) is 25.7 Å². The second-order valence-electron chi connectivity index (χ2n) is 6.90. The van der Waals surface area contributed by atoms with Crippen molar-refractivity contribution in [3.05, 3.63) is 29.8 Å². The van der Waals surface area contributed by atoms with Crippen molar-refractivity contribution in [2.75, 3.05) is 19.0 Å². The van der Waals surface area contributed by atoms with Crippen LogP contribution in [-0.2, 0) is 14.3 Å². The number of para-hydroxylation sites is 1. The molecule has 1 aliphatic carbocycles. The molecule has 6 nitrogen and oxygen atoms in total. The van der Waals surface area contributed by atoms with Crippen molar-refractivity contribution < 1.29 is 19.1 Å². The van der Waals surface area contributed by atoms with Crippen molar-refractivity contribution in [1.82, 2.24) is 4.90 Å². The van der Waals surface area contributed by atoms with Crippen LogP contribution in [0.4, 0.5) is 5.69 Å². The van der Waals surface area contributed by atoms with Crippen LogP contribution < -0.4 is 5.32 Å². The van der Waals surface area contributed by atoms with Gasteiger partial charge >= 0.3 is 5.97 Å². The SMILES string of the molecule is COC(=O)[C@H]1CC[C@H](C(C)N2CC(=O)Nc3ccccc3C2=O)CC1. The smallest absolute Gasteiger partial charge is 0.308 e. The van der Waals surface area contributed by atoms with E-state index in [1.807, 2.05) is 6.92 Å². The van der Waals surface area contributed by atoms with Crippen LogP contribution in [-0.4, -0.2) is 42.4 Å². The second-order valence-corrected chi connectivity index (χ2v) is 6.90. The van der Waals surface area contributed by atoms with Gasteiger partial charge in [-0.05, 0) is 50.7 Å². The zero-order chi connectivity index (χ0) is 18.0. The molecule has 25 heavy (non-hydrogen) atoms. The average molecular weight is 344 g/mol. The van der Waals surface area contributed by atoms with Gasteiger partial charge in [-0.15, -0.1) is 0 Å². The fourth-order valence-corrected chi connectivity index (χ4v) is 3.94. The summed E-state index contributed by atoms with van der Waals surface area (Å²) in [4.78, 5) is 38.5. The summed E-state index contributed by atoms with van der Waals surface area (Å²) < 4.78 is 4.83. The standard InChI is InChI=1S/C19H24N2O4/c1-12(13-7-9-14(10-8-13)19(24)25-2)21-11-17(22)20-16-6-4-3-5-15(16)18(21)23/h3-6,12-14H,7-11H2,1-2H3,(H,20,22)/t12?,13-,14-. The maximum Gasteiger partial charge on any atom is 0.308 e. The number of nitrogens with zero attached hydrogens (tertiary/aromatic N) is 1. The highest BCUT2D eigenvalue weighted by molar-refractivity contribution is 6.08. The quantitative estimate of drug-likeness (QED) is 0.855. The lowest BCUT2D eigenvalue weighted by atomic mass is 9.78. The van der Waals surface area contributed by atoms with Gasteiger partial charge in [0.25, 0.3) is 5.91 Å². The summed E-state index contributed by atoms with van der Waals surface area (Å²) >= 11 is 0. The molecule has 1 aromatic rings. The molecule has 1 saturated carbocycles. The van der Waals surface area contributed by atoms with Crippen LogP contribution in [0.15, 0.2) is 24.3 Å². The Labute approximate surface area is 147 Å². The minimum Gasteiger partial charge on any atom is -0.469 e. The van der Waals surface area contributed by atoms with Crippen molar-refractivity contribution in [2.45, 2.75) is 38.6 Å². The molecular weight excluding hydrogens is 320 g/mol. The highest BCUT2D eigenvalue weighted by atomic mass is 16.5. The number of rotatable bonds is 3. The van der Waals surface area contributed by atoms with Crippen LogP contribution >= 0.6 is 0 Å². The number of benzene rings is 1. The summed E-state index contributed by atoms with van der Waals surface area (Å²) in [5.74, 6) is -0.199. The van der Waals surface area contributed by atoms with E-state index in [-0.39, 0.29) is 42.2 Å². The number of esters is 1. The number of nitrogens with one attached hydrogen (secondary N) is 1. The zero-order valence-corrected chi connectivity index (χ0v) is 14.7. The molecule has 1 aliphatic heterocycles. The van der Waals surface area contributed by atoms with Crippen molar-refractivity contribution in [3.63, 3.8) is 0 Å². The molecule has 6 heteroatoms. The average Bonchev–Trinajstić information content (AvgIpc) is 2.77. The Balaban J connectivity index is 1.74. The van der Waals surface area contributed by atoms with E-state index >= 15 is 0 Å². The molecule has 0 radical (unpaired) electrons. The van der Waals surface area contributed by atoms with Crippen molar-refractivity contribution >= 4 is 23.5 Å². The van der Waals surface area contributed by atoms with E-state index in [0.29, 0.717) is 11.3 Å². The van der Waals surface area contributed by atoms with E-state index < -0.39 is 0 Å². The van der Waals surface area contributed by atoms with Crippen LogP contribution in [0.1, 0.15) is 43.0 Å². The van der Waals surface area contributed by atoms with Gasteiger partial charge in [-0.3, -0.25) is 14.4 Å². The lowest BCUT2D eigenvalue weighted by Gasteiger charge is -2.37. The first-order valence-electron chi connectivity index (χ1n) is 8.79. The Morgan fingerprint density at radius 2 is 1.88 bits per heavy atom. The van der Waals surface area contributed by atoms with Gasteiger partial charge < -0.3 is 15.0 Å². The largest absolute Gasteiger partial charge is 0.469 e. The molecule has 0 saturated heterocycles. The molecular formula is C19H24N2O4. The first-order chi connectivity index (χ1) is 12.0. The van der Waals surface area contributed by atoms with Gasteiger partial charge in [-0.2, -0.15) is 0 Å². The van der Waals surface area contributed by atoms with Gasteiger partial charge in [0.05, 0.1) is 24.3 Å². The number of amides is 2. The molecule has 1 unspecified atom stereocenters. The summed E-state index contributed by atoms with van der Waals surface area (Å²) in [6.07, 6.45) is 3.25. The minimum absolute atomic E-state index is 0.0442. The minimum atomic E-state index is -0.173. The summed E-state index contributed by atoms with van der Waals surface area (Å²) in [6.45, 7) is 2.06. The first kappa shape index (κ1) is 17.5. The number of carbonyl (C=O) groups excluding carboxylic acids is 3. The lowest BCUT2D eigenvalue weighted by Crippen LogP contribution is -2.46. The number of fused-ring (bicyclic) bond motifs is 1. The number of hydrogen-bond acceptors (Lipinski definition) is 4. The third-order valence-corrected chi connectivity index (χ3v) is 5.49. The highest BCUT2D eigenvalue weighted by Crippen LogP contribution is 2.34. The van der Waals surface area contributed by atoms with Gasteiger partial charge in [0, 0.05) is 6.04 Å². The van der Waals surface area contributed by atoms with Crippen LogP contribution in [0.2, 0.25) is 0 Å². The van der Waals surface area contributed by atoms with Gasteiger partial charge in [-0.25, -0.2) is 0 Å². The van der Waals surface area contributed by atoms with E-state index in [1.165, 1.54) is 7.11 Å². The predicted molar refractivity (Wildman–Crippen MR) is 93.0 cm³/mol. The van der Waals surface area contributed by atoms with Gasteiger partial charge in [0.15, 0.2) is 0 Å². The summed E-state index contributed by atoms with van der Waals surface area (Å²) in [5, 5.41) is 2.81. The Morgan fingerprint density at radius 3 is 2.56 bits per heavy atom. The number of anilines is 1. The number of carbonyl (C=O) groups is 3. The molecule has 2 aliphatic rings. The molecule has 0 bridgehead atoms. The van der Waals surface area contributed by atoms with Crippen LogP contribution in [0.25, 0.3) is 0 Å². The molecule has 1 atom stereocenters. The number of ether oxygens (including phenoxy) is 1. The van der Waals surface area contributed by atoms with E-state index in [2.05, 4.69) is 5.32 Å². The molecule has 1 fully saturated rings. The summed E-state index contributed by atoms with van der Waals surface area (Å²) in [6, 6.07) is 7.05. The van der Waals surface area contributed by atoms with Crippen LogP contribution in [0, 0.1) is 11.8 Å². The molecule has 1 N–H and O–H groups in total. The third kappa shape index (κ3) is 3.52. The Bertz CT molecular complexity index is 680. The number of methoxy groups -OCH3 is 1. The molecule has 0 spiro atoms. The van der Waals surface area contributed by atoms with Crippen molar-refractivity contribution in [2.24, 2.45) is 11.8 Å². The van der Waals surface area contributed by atoms with E-state index in [9.17, 15) is 14.4 Å². The second kappa shape index (κ2) is 7.25. The van der Waals surface area contributed by atoms with Gasteiger partial charge in [0.1, 0.15) is 6.54 Å². The normalized spacial score (nSPS) is 24.8. The van der Waals surface area contributed by atoms with Crippen molar-refractivity contribution in [1.29, 1.82) is 0 Å². The first-order valence-corrected chi connectivity index (χ1v) is 8.79. The summed E-state index contributed by atoms with van der Waals surface area (Å²) in [5.41, 5.74) is 1.10. The molecule has 1 aromatic carbocycles. The predicted octanol–water partition coefficient (Wildman–Crippen LogP) is 2.45. The van der Waals surface area contributed by atoms with Crippen molar-refractivity contribution in [3.8, 4) is 0 Å². The molecule has 3 rings (SSSR count). The third-order valence-electron chi connectivity index (χ3n) is 5.49. The fourth-order valence-electron chi connectivity index (χ4n) is 3.94. The number of hydrogen-bond donors (Lipinski definition) is 1. The highest BCUT2D eigenvalue weighted by Gasteiger charge is 2.36.